The smallest absolute Gasteiger partial charge is 0.411 e. The Labute approximate surface area is 224 Å². The van der Waals surface area contributed by atoms with Crippen molar-refractivity contribution in [2.45, 2.75) is 45.3 Å². The number of aliphatic hydroxyl groups excluding tert-OH is 2. The Morgan fingerprint density at radius 1 is 1.18 bits per heavy atom. The first-order valence-corrected chi connectivity index (χ1v) is 12.4. The van der Waals surface area contributed by atoms with E-state index in [1.54, 1.807) is 20.2 Å². The number of amides is 2. The van der Waals surface area contributed by atoms with Gasteiger partial charge < -0.3 is 30.9 Å². The molecule has 12 heteroatoms. The van der Waals surface area contributed by atoms with Gasteiger partial charge in [0.1, 0.15) is 17.1 Å². The molecule has 0 heterocycles. The molecule has 0 aromatic heterocycles. The van der Waals surface area contributed by atoms with E-state index in [0.29, 0.717) is 5.56 Å². The van der Waals surface area contributed by atoms with Crippen LogP contribution in [0.5, 0.6) is 5.75 Å². The number of ketones is 2. The first-order chi connectivity index (χ1) is 18.0. The number of hydrogen-bond acceptors (Lipinski definition) is 10. The van der Waals surface area contributed by atoms with Crippen LogP contribution in [0.4, 0.5) is 10.5 Å². The van der Waals surface area contributed by atoms with Crippen LogP contribution in [0.3, 0.4) is 0 Å². The zero-order chi connectivity index (χ0) is 29.2. The van der Waals surface area contributed by atoms with E-state index in [-0.39, 0.29) is 41.7 Å². The maximum Gasteiger partial charge on any atom is 0.411 e. The maximum absolute atomic E-state index is 13.7. The van der Waals surface area contributed by atoms with Crippen molar-refractivity contribution in [1.29, 1.82) is 0 Å². The summed E-state index contributed by atoms with van der Waals surface area (Å²) in [6.07, 6.45) is -0.700. The van der Waals surface area contributed by atoms with Crippen molar-refractivity contribution in [1.82, 2.24) is 4.90 Å². The normalized spacial score (nSPS) is 26.7. The molecule has 0 fully saturated rings. The van der Waals surface area contributed by atoms with Crippen LogP contribution < -0.4 is 11.1 Å². The van der Waals surface area contributed by atoms with Gasteiger partial charge in [0.15, 0.2) is 17.1 Å². The Hall–Kier alpha value is -3.90. The highest BCUT2D eigenvalue weighted by molar-refractivity contribution is 6.25. The number of fused-ring (bicyclic) bond motifs is 3. The summed E-state index contributed by atoms with van der Waals surface area (Å²) >= 11 is 0. The number of aliphatic hydroxyl groups is 3. The summed E-state index contributed by atoms with van der Waals surface area (Å²) in [7, 11) is 3.12. The summed E-state index contributed by atoms with van der Waals surface area (Å²) in [6.45, 7) is 5.71. The minimum absolute atomic E-state index is 0.00828. The number of nitrogens with two attached hydrogens (primary N) is 1. The highest BCUT2D eigenvalue weighted by atomic mass is 16.5. The lowest BCUT2D eigenvalue weighted by Crippen LogP contribution is -2.63. The van der Waals surface area contributed by atoms with Crippen LogP contribution in [0.15, 0.2) is 34.8 Å². The molecule has 2 amide bonds. The summed E-state index contributed by atoms with van der Waals surface area (Å²) in [5.41, 5.74) is 1.29. The maximum atomic E-state index is 13.7. The van der Waals surface area contributed by atoms with Crippen LogP contribution in [-0.2, 0) is 20.7 Å². The van der Waals surface area contributed by atoms with E-state index in [1.165, 1.54) is 11.0 Å². The molecule has 0 spiro atoms. The van der Waals surface area contributed by atoms with Crippen molar-refractivity contribution in [2.75, 3.05) is 26.0 Å². The first-order valence-electron chi connectivity index (χ1n) is 12.4. The van der Waals surface area contributed by atoms with Gasteiger partial charge >= 0.3 is 6.09 Å². The fourth-order valence-electron chi connectivity index (χ4n) is 5.75. The number of primary amides is 1. The third-order valence-electron chi connectivity index (χ3n) is 7.47. The molecular weight excluding hydrogens is 510 g/mol. The second-order valence-corrected chi connectivity index (χ2v) is 11.7. The minimum Gasteiger partial charge on any atom is -0.510 e. The van der Waals surface area contributed by atoms with Crippen molar-refractivity contribution in [3.8, 4) is 5.75 Å². The highest BCUT2D eigenvalue weighted by Crippen LogP contribution is 2.52. The molecular formula is C27H33N3O9. The number of Topliss-reactive ketones (excluding diaryl/α,β-unsaturated/α-hetero) is 2. The van der Waals surface area contributed by atoms with Gasteiger partial charge in [-0.05, 0) is 49.9 Å². The second-order valence-electron chi connectivity index (χ2n) is 11.7. The summed E-state index contributed by atoms with van der Waals surface area (Å²) < 4.78 is 5.16. The lowest BCUT2D eigenvalue weighted by atomic mass is 9.58. The third-order valence-corrected chi connectivity index (χ3v) is 7.47. The molecule has 210 valence electrons. The average Bonchev–Trinajstić information content (AvgIpc) is 2.81. The molecule has 0 saturated carbocycles. The number of nitrogens with zero attached hydrogens (tertiary/aromatic N) is 1. The number of phenolic OH excluding ortho intramolecular Hbond substituents is 1. The van der Waals surface area contributed by atoms with Gasteiger partial charge in [-0.3, -0.25) is 24.6 Å². The van der Waals surface area contributed by atoms with Crippen LogP contribution in [0.1, 0.15) is 43.1 Å². The predicted octanol–water partition coefficient (Wildman–Crippen LogP) is 1.72. The van der Waals surface area contributed by atoms with E-state index in [0.717, 1.165) is 0 Å². The van der Waals surface area contributed by atoms with E-state index in [1.807, 2.05) is 20.8 Å². The van der Waals surface area contributed by atoms with Gasteiger partial charge in [-0.1, -0.05) is 26.8 Å². The average molecular weight is 544 g/mol. The number of likely N-dealkylation sites (N-methyl/N-ethyl adjacent to an activating group) is 1. The second kappa shape index (κ2) is 9.38. The Kier molecular flexibility index (Phi) is 6.76. The lowest BCUT2D eigenvalue weighted by Gasteiger charge is -2.50. The number of carbonyl (C=O) groups excluding carboxylic acids is 4. The van der Waals surface area contributed by atoms with Crippen LogP contribution in [0, 0.1) is 17.3 Å². The number of anilines is 1. The van der Waals surface area contributed by atoms with E-state index < -0.39 is 69.9 Å². The monoisotopic (exact) mass is 543 g/mol. The van der Waals surface area contributed by atoms with Gasteiger partial charge in [0.05, 0.1) is 23.9 Å². The molecule has 1 aromatic carbocycles. The van der Waals surface area contributed by atoms with E-state index >= 15 is 0 Å². The van der Waals surface area contributed by atoms with Gasteiger partial charge in [0, 0.05) is 11.5 Å². The van der Waals surface area contributed by atoms with Gasteiger partial charge in [0.2, 0.25) is 5.78 Å². The van der Waals surface area contributed by atoms with Crippen molar-refractivity contribution < 1.29 is 44.3 Å². The summed E-state index contributed by atoms with van der Waals surface area (Å²) in [6, 6.07) is 1.92. The molecule has 0 unspecified atom stereocenters. The summed E-state index contributed by atoms with van der Waals surface area (Å²) in [4.78, 5) is 52.8. The van der Waals surface area contributed by atoms with Gasteiger partial charge in [0.25, 0.3) is 5.91 Å². The molecule has 7 N–H and O–H groups in total. The van der Waals surface area contributed by atoms with Gasteiger partial charge in [-0.25, -0.2) is 4.79 Å². The molecule has 0 aliphatic heterocycles. The number of aromatic hydroxyl groups is 1. The largest absolute Gasteiger partial charge is 0.510 e. The number of rotatable bonds is 4. The lowest BCUT2D eigenvalue weighted by molar-refractivity contribution is -0.148. The molecule has 3 aliphatic rings. The predicted molar refractivity (Wildman–Crippen MR) is 138 cm³/mol. The minimum atomic E-state index is -2.72. The number of benzene rings is 1. The zero-order valence-corrected chi connectivity index (χ0v) is 22.4. The fourth-order valence-corrected chi connectivity index (χ4v) is 5.75. The van der Waals surface area contributed by atoms with Crippen LogP contribution >= 0.6 is 0 Å². The summed E-state index contributed by atoms with van der Waals surface area (Å²) in [5, 5.41) is 47.0. The van der Waals surface area contributed by atoms with Gasteiger partial charge in [-0.2, -0.15) is 0 Å². The topological polar surface area (TPSA) is 200 Å². The van der Waals surface area contributed by atoms with Crippen molar-refractivity contribution in [2.24, 2.45) is 23.0 Å². The molecule has 12 nitrogen and oxygen atoms in total. The standard InChI is InChI=1S/C27H33N3O9/c1-26(2,3)10-39-25(37)29-14-7-6-11-8-12-9-13-18(30(4)5)21(33)17(24(28)36)23(35)27(13,38)22(34)16(12)20(32)15(11)19(14)31/h6-7,12-13,18,31,33-34,38H,8-10H2,1-5H3,(H2,28,36)(H,29,37)/t12-,13-,18+,27-/m0/s1. The number of hydrogen-bond donors (Lipinski definition) is 6. The van der Waals surface area contributed by atoms with E-state index in [9.17, 15) is 39.6 Å². The quantitative estimate of drug-likeness (QED) is 0.240. The molecule has 0 radical (unpaired) electrons. The van der Waals surface area contributed by atoms with Crippen LogP contribution in [0.25, 0.3) is 0 Å². The number of carbonyl (C=O) groups is 4. The number of allylic oxidation sites excluding steroid dienone is 1. The highest BCUT2D eigenvalue weighted by Gasteiger charge is 2.63. The van der Waals surface area contributed by atoms with Gasteiger partial charge in [-0.15, -0.1) is 0 Å². The molecule has 3 aliphatic carbocycles. The Balaban J connectivity index is 1.78. The molecule has 1 aromatic rings. The van der Waals surface area contributed by atoms with Crippen molar-refractivity contribution >= 4 is 29.3 Å². The van der Waals surface area contributed by atoms with E-state index in [2.05, 4.69) is 5.32 Å². The molecule has 39 heavy (non-hydrogen) atoms. The van der Waals surface area contributed by atoms with Crippen LogP contribution in [-0.4, -0.2) is 81.2 Å². The van der Waals surface area contributed by atoms with Crippen molar-refractivity contribution in [3.05, 3.63) is 45.9 Å². The SMILES string of the molecule is CN(C)[C@H]1C(O)=C(C(N)=O)C(=O)[C@@]2(O)C(O)=C3C(=O)c4c(ccc(NC(=O)OCC(C)(C)C)c4O)C[C@H]3C[C@@H]12. The number of nitrogens with one attached hydrogen (secondary N) is 1. The molecule has 0 saturated heterocycles. The molecule has 4 rings (SSSR count). The summed E-state index contributed by atoms with van der Waals surface area (Å²) in [5.74, 6) is -7.36. The molecule has 4 atom stereocenters. The number of ether oxygens (including phenoxy) is 1. The Morgan fingerprint density at radius 2 is 1.82 bits per heavy atom. The van der Waals surface area contributed by atoms with E-state index in [4.69, 9.17) is 10.5 Å². The fraction of sp³-hybridized carbons (Fsp3) is 0.481. The third kappa shape index (κ3) is 4.43. The first kappa shape index (κ1) is 28.1. The molecule has 0 bridgehead atoms. The van der Waals surface area contributed by atoms with Crippen molar-refractivity contribution in [3.63, 3.8) is 0 Å². The number of phenols is 1. The van der Waals surface area contributed by atoms with Crippen LogP contribution in [0.2, 0.25) is 0 Å². The Morgan fingerprint density at radius 3 is 2.38 bits per heavy atom. The Bertz CT molecular complexity index is 1350. The zero-order valence-electron chi connectivity index (χ0n) is 22.4.